The van der Waals surface area contributed by atoms with E-state index < -0.39 is 0 Å². The predicted octanol–water partition coefficient (Wildman–Crippen LogP) is 4.20. The van der Waals surface area contributed by atoms with Crippen molar-refractivity contribution in [3.05, 3.63) is 63.6 Å². The quantitative estimate of drug-likeness (QED) is 0.818. The smallest absolute Gasteiger partial charge is 0.243 e. The Bertz CT molecular complexity index is 758. The van der Waals surface area contributed by atoms with Crippen LogP contribution in [0.5, 0.6) is 0 Å². The zero-order chi connectivity index (χ0) is 18.4. The van der Waals surface area contributed by atoms with Crippen molar-refractivity contribution >= 4 is 40.7 Å². The van der Waals surface area contributed by atoms with Crippen LogP contribution in [0.2, 0.25) is 10.0 Å². The van der Waals surface area contributed by atoms with Crippen molar-refractivity contribution in [1.82, 2.24) is 4.90 Å². The second-order valence-electron chi connectivity index (χ2n) is 5.69. The highest BCUT2D eigenvalue weighted by atomic mass is 35.5. The van der Waals surface area contributed by atoms with Crippen LogP contribution in [0.25, 0.3) is 0 Å². The molecule has 0 atom stereocenters. The van der Waals surface area contributed by atoms with Gasteiger partial charge in [-0.15, -0.1) is 0 Å². The maximum absolute atomic E-state index is 12.4. The Hall–Kier alpha value is -2.04. The molecule has 0 saturated carbocycles. The summed E-state index contributed by atoms with van der Waals surface area (Å²) in [5.74, 6) is -0.476. The third-order valence-corrected chi connectivity index (χ3v) is 4.58. The van der Waals surface area contributed by atoms with Gasteiger partial charge in [0.1, 0.15) is 0 Å². The number of nitrogens with zero attached hydrogens (tertiary/aromatic N) is 1. The summed E-state index contributed by atoms with van der Waals surface area (Å²) in [7, 11) is 1.58. The van der Waals surface area contributed by atoms with Gasteiger partial charge in [-0.05, 0) is 35.7 Å². The van der Waals surface area contributed by atoms with Gasteiger partial charge in [0.2, 0.25) is 11.8 Å². The van der Waals surface area contributed by atoms with Crippen LogP contribution in [0.1, 0.15) is 18.1 Å². The zero-order valence-corrected chi connectivity index (χ0v) is 15.7. The second kappa shape index (κ2) is 8.88. The molecule has 1 N–H and O–H groups in total. The summed E-state index contributed by atoms with van der Waals surface area (Å²) < 4.78 is 0. The number of nitrogens with one attached hydrogen (secondary N) is 1. The molecule has 2 aromatic carbocycles. The molecule has 0 aliphatic heterocycles. The van der Waals surface area contributed by atoms with Crippen molar-refractivity contribution in [2.75, 3.05) is 18.9 Å². The number of hydrogen-bond acceptors (Lipinski definition) is 2. The fraction of sp³-hybridized carbons (Fsp3) is 0.263. The van der Waals surface area contributed by atoms with Crippen LogP contribution < -0.4 is 5.32 Å². The summed E-state index contributed by atoms with van der Waals surface area (Å²) in [6, 6.07) is 12.7. The van der Waals surface area contributed by atoms with E-state index >= 15 is 0 Å². The van der Waals surface area contributed by atoms with Gasteiger partial charge in [-0.3, -0.25) is 9.59 Å². The highest BCUT2D eigenvalue weighted by molar-refractivity contribution is 6.36. The van der Waals surface area contributed by atoms with Crippen LogP contribution in [0.3, 0.4) is 0 Å². The Kier molecular flexibility index (Phi) is 6.85. The molecule has 2 rings (SSSR count). The topological polar surface area (TPSA) is 49.4 Å². The molecule has 2 amide bonds. The highest BCUT2D eigenvalue weighted by Crippen LogP contribution is 2.25. The molecule has 4 nitrogen and oxygen atoms in total. The third-order valence-electron chi connectivity index (χ3n) is 3.87. The normalized spacial score (nSPS) is 10.4. The molecular formula is C19H20Cl2N2O2. The number of amides is 2. The van der Waals surface area contributed by atoms with Crippen molar-refractivity contribution in [2.24, 2.45) is 0 Å². The van der Waals surface area contributed by atoms with Gasteiger partial charge < -0.3 is 10.2 Å². The van der Waals surface area contributed by atoms with Crippen molar-refractivity contribution in [2.45, 2.75) is 19.8 Å². The molecule has 132 valence electrons. The first kappa shape index (κ1) is 19.3. The zero-order valence-electron chi connectivity index (χ0n) is 14.2. The third kappa shape index (κ3) is 5.21. The van der Waals surface area contributed by atoms with Gasteiger partial charge in [0.15, 0.2) is 0 Å². The summed E-state index contributed by atoms with van der Waals surface area (Å²) in [6.45, 7) is 1.98. The van der Waals surface area contributed by atoms with E-state index in [9.17, 15) is 9.59 Å². The number of aryl methyl sites for hydroxylation is 1. The summed E-state index contributed by atoms with van der Waals surface area (Å²) >= 11 is 12.2. The lowest BCUT2D eigenvalue weighted by Crippen LogP contribution is -2.36. The number of likely N-dealkylation sites (N-methyl/N-ethyl adjacent to an activating group) is 1. The molecule has 0 saturated heterocycles. The van der Waals surface area contributed by atoms with Gasteiger partial charge >= 0.3 is 0 Å². The lowest BCUT2D eigenvalue weighted by atomic mass is 10.1. The van der Waals surface area contributed by atoms with Crippen molar-refractivity contribution in [3.63, 3.8) is 0 Å². The van der Waals surface area contributed by atoms with E-state index in [1.165, 1.54) is 4.90 Å². The van der Waals surface area contributed by atoms with Crippen molar-refractivity contribution < 1.29 is 9.59 Å². The number of hydrogen-bond donors (Lipinski definition) is 1. The molecule has 0 heterocycles. The van der Waals surface area contributed by atoms with Crippen molar-refractivity contribution in [3.8, 4) is 0 Å². The number of anilines is 1. The van der Waals surface area contributed by atoms with E-state index in [1.807, 2.05) is 31.2 Å². The fourth-order valence-corrected chi connectivity index (χ4v) is 2.96. The minimum absolute atomic E-state index is 0.0427. The van der Waals surface area contributed by atoms with Crippen LogP contribution in [0.15, 0.2) is 42.5 Å². The standard InChI is InChI=1S/C19H20Cl2N2O2/c1-3-13-7-4-5-10-17(13)22-18(24)12-23(2)19(25)11-14-15(20)8-6-9-16(14)21/h4-10H,3,11-12H2,1-2H3,(H,22,24). The Morgan fingerprint density at radius 3 is 2.32 bits per heavy atom. The first-order chi connectivity index (χ1) is 11.9. The average molecular weight is 379 g/mol. The molecule has 25 heavy (non-hydrogen) atoms. The van der Waals surface area contributed by atoms with Gasteiger partial charge in [-0.2, -0.15) is 0 Å². The minimum atomic E-state index is -0.248. The summed E-state index contributed by atoms with van der Waals surface area (Å²) in [5, 5.41) is 3.73. The lowest BCUT2D eigenvalue weighted by Gasteiger charge is -2.18. The molecule has 6 heteroatoms. The summed E-state index contributed by atoms with van der Waals surface area (Å²) in [4.78, 5) is 25.9. The Balaban J connectivity index is 1.97. The summed E-state index contributed by atoms with van der Waals surface area (Å²) in [5.41, 5.74) is 2.39. The first-order valence-corrected chi connectivity index (χ1v) is 8.72. The van der Waals surface area contributed by atoms with Crippen LogP contribution in [0.4, 0.5) is 5.69 Å². The van der Waals surface area contributed by atoms with E-state index in [-0.39, 0.29) is 24.8 Å². The Morgan fingerprint density at radius 2 is 1.68 bits per heavy atom. The summed E-state index contributed by atoms with van der Waals surface area (Å²) in [6.07, 6.45) is 0.865. The molecule has 0 aliphatic carbocycles. The second-order valence-corrected chi connectivity index (χ2v) is 6.50. The number of para-hydroxylation sites is 1. The van der Waals surface area contributed by atoms with Gasteiger partial charge in [0, 0.05) is 22.8 Å². The highest BCUT2D eigenvalue weighted by Gasteiger charge is 2.17. The minimum Gasteiger partial charge on any atom is -0.336 e. The van der Waals surface area contributed by atoms with Gasteiger partial charge in [-0.25, -0.2) is 0 Å². The number of halogens is 2. The van der Waals surface area contributed by atoms with Gasteiger partial charge in [0.25, 0.3) is 0 Å². The number of carbonyl (C=O) groups excluding carboxylic acids is 2. The molecule has 0 aromatic heterocycles. The molecule has 0 bridgehead atoms. The first-order valence-electron chi connectivity index (χ1n) is 7.97. The average Bonchev–Trinajstić information content (AvgIpc) is 2.58. The Morgan fingerprint density at radius 1 is 1.04 bits per heavy atom. The maximum Gasteiger partial charge on any atom is 0.243 e. The number of rotatable bonds is 6. The van der Waals surface area contributed by atoms with Crippen molar-refractivity contribution in [1.29, 1.82) is 0 Å². The van der Waals surface area contributed by atoms with E-state index in [0.29, 0.717) is 15.6 Å². The molecular weight excluding hydrogens is 359 g/mol. The van der Waals surface area contributed by atoms with E-state index in [1.54, 1.807) is 25.2 Å². The maximum atomic E-state index is 12.4. The van der Waals surface area contributed by atoms with Gasteiger partial charge in [-0.1, -0.05) is 54.4 Å². The van der Waals surface area contributed by atoms with Crippen LogP contribution >= 0.6 is 23.2 Å². The Labute approximate surface area is 157 Å². The molecule has 2 aromatic rings. The van der Waals surface area contributed by atoms with Crippen LogP contribution in [-0.2, 0) is 22.4 Å². The molecule has 0 spiro atoms. The van der Waals surface area contributed by atoms with Crippen LogP contribution in [-0.4, -0.2) is 30.3 Å². The molecule has 0 aliphatic rings. The van der Waals surface area contributed by atoms with Crippen LogP contribution in [0, 0.1) is 0 Å². The number of carbonyl (C=O) groups is 2. The number of benzene rings is 2. The van der Waals surface area contributed by atoms with E-state index in [0.717, 1.165) is 17.7 Å². The fourth-order valence-electron chi connectivity index (χ4n) is 2.43. The van der Waals surface area contributed by atoms with E-state index in [2.05, 4.69) is 5.32 Å². The molecule has 0 radical (unpaired) electrons. The largest absolute Gasteiger partial charge is 0.336 e. The molecule has 0 fully saturated rings. The SMILES string of the molecule is CCc1ccccc1NC(=O)CN(C)C(=O)Cc1c(Cl)cccc1Cl. The monoisotopic (exact) mass is 378 g/mol. The van der Waals surface area contributed by atoms with E-state index in [4.69, 9.17) is 23.2 Å². The molecule has 0 unspecified atom stereocenters. The van der Waals surface area contributed by atoms with Gasteiger partial charge in [0.05, 0.1) is 13.0 Å². The lowest BCUT2D eigenvalue weighted by molar-refractivity contribution is -0.132. The predicted molar refractivity (Wildman–Crippen MR) is 102 cm³/mol.